The molecule has 3 aromatic carbocycles. The quantitative estimate of drug-likeness (QED) is 0.365. The molecule has 0 fully saturated rings. The SMILES string of the molecule is Cc1ccccc1Cn1ccc(NC(=O)c2cccc(COc3cccc(Br)c3)c2)n1. The third-order valence-electron chi connectivity index (χ3n) is 4.87. The number of hydrogen-bond acceptors (Lipinski definition) is 3. The number of nitrogens with zero attached hydrogens (tertiary/aromatic N) is 2. The number of rotatable bonds is 7. The number of halogens is 1. The van der Waals surface area contributed by atoms with Gasteiger partial charge >= 0.3 is 0 Å². The fraction of sp³-hybridized carbons (Fsp3) is 0.120. The van der Waals surface area contributed by atoms with Crippen LogP contribution in [0.2, 0.25) is 0 Å². The molecule has 0 atom stereocenters. The highest BCUT2D eigenvalue weighted by Gasteiger charge is 2.10. The van der Waals surface area contributed by atoms with Crippen LogP contribution in [-0.2, 0) is 13.2 Å². The van der Waals surface area contributed by atoms with E-state index in [4.69, 9.17) is 4.74 Å². The van der Waals surface area contributed by atoms with Crippen molar-refractivity contribution in [3.63, 3.8) is 0 Å². The summed E-state index contributed by atoms with van der Waals surface area (Å²) in [6.07, 6.45) is 1.87. The lowest BCUT2D eigenvalue weighted by molar-refractivity contribution is 0.102. The Bertz CT molecular complexity index is 1200. The Balaban J connectivity index is 1.38. The first-order valence-electron chi connectivity index (χ1n) is 9.93. The maximum absolute atomic E-state index is 12.7. The predicted molar refractivity (Wildman–Crippen MR) is 125 cm³/mol. The highest BCUT2D eigenvalue weighted by Crippen LogP contribution is 2.19. The second kappa shape index (κ2) is 9.62. The van der Waals surface area contributed by atoms with Crippen molar-refractivity contribution in [2.75, 3.05) is 5.32 Å². The minimum atomic E-state index is -0.203. The maximum atomic E-state index is 12.7. The Kier molecular flexibility index (Phi) is 6.48. The van der Waals surface area contributed by atoms with Gasteiger partial charge in [0.1, 0.15) is 12.4 Å². The largest absolute Gasteiger partial charge is 0.489 e. The number of nitrogens with one attached hydrogen (secondary N) is 1. The molecule has 1 N–H and O–H groups in total. The monoisotopic (exact) mass is 475 g/mol. The van der Waals surface area contributed by atoms with Crippen LogP contribution in [0.15, 0.2) is 89.5 Å². The Morgan fingerprint density at radius 2 is 1.87 bits per heavy atom. The normalized spacial score (nSPS) is 10.6. The highest BCUT2D eigenvalue weighted by molar-refractivity contribution is 9.10. The fourth-order valence-corrected chi connectivity index (χ4v) is 3.57. The van der Waals surface area contributed by atoms with Crippen LogP contribution in [0.4, 0.5) is 5.82 Å². The van der Waals surface area contributed by atoms with Crippen molar-refractivity contribution in [1.29, 1.82) is 0 Å². The smallest absolute Gasteiger partial charge is 0.256 e. The Morgan fingerprint density at radius 3 is 2.71 bits per heavy atom. The topological polar surface area (TPSA) is 56.2 Å². The Morgan fingerprint density at radius 1 is 1.03 bits per heavy atom. The van der Waals surface area contributed by atoms with Crippen LogP contribution in [0, 0.1) is 6.92 Å². The molecule has 0 spiro atoms. The molecule has 5 nitrogen and oxygen atoms in total. The first-order valence-corrected chi connectivity index (χ1v) is 10.7. The number of aryl methyl sites for hydroxylation is 1. The second-order valence-corrected chi connectivity index (χ2v) is 8.14. The third-order valence-corrected chi connectivity index (χ3v) is 5.36. The third kappa shape index (κ3) is 5.61. The zero-order valence-corrected chi connectivity index (χ0v) is 18.7. The zero-order valence-electron chi connectivity index (χ0n) is 17.1. The summed E-state index contributed by atoms with van der Waals surface area (Å²) < 4.78 is 8.60. The van der Waals surface area contributed by atoms with Gasteiger partial charge in [0.25, 0.3) is 5.91 Å². The summed E-state index contributed by atoms with van der Waals surface area (Å²) >= 11 is 3.43. The number of amides is 1. The van der Waals surface area contributed by atoms with E-state index in [0.717, 1.165) is 15.8 Å². The van der Waals surface area contributed by atoms with Gasteiger partial charge in [-0.1, -0.05) is 58.4 Å². The van der Waals surface area contributed by atoms with E-state index >= 15 is 0 Å². The fourth-order valence-electron chi connectivity index (χ4n) is 3.19. The van der Waals surface area contributed by atoms with Gasteiger partial charge in [0.15, 0.2) is 5.82 Å². The van der Waals surface area contributed by atoms with E-state index in [1.165, 1.54) is 11.1 Å². The summed E-state index contributed by atoms with van der Waals surface area (Å²) in [5.74, 6) is 1.09. The molecular weight excluding hydrogens is 454 g/mol. The molecule has 4 rings (SSSR count). The molecule has 0 unspecified atom stereocenters. The van der Waals surface area contributed by atoms with Gasteiger partial charge in [0.05, 0.1) is 6.54 Å². The summed E-state index contributed by atoms with van der Waals surface area (Å²) in [7, 11) is 0. The van der Waals surface area contributed by atoms with Crippen LogP contribution in [-0.4, -0.2) is 15.7 Å². The summed E-state index contributed by atoms with van der Waals surface area (Å²) in [6.45, 7) is 3.11. The van der Waals surface area contributed by atoms with Gasteiger partial charge in [-0.2, -0.15) is 5.10 Å². The standard InChI is InChI=1S/C25H22BrN3O2/c1-18-6-2-3-8-21(18)16-29-13-12-24(28-29)27-25(30)20-9-4-7-19(14-20)17-31-23-11-5-10-22(26)15-23/h2-15H,16-17H2,1H3,(H,27,28,30). The molecule has 0 bridgehead atoms. The van der Waals surface area contributed by atoms with E-state index in [1.54, 1.807) is 12.1 Å². The summed E-state index contributed by atoms with van der Waals surface area (Å²) in [5.41, 5.74) is 3.88. The average Bonchev–Trinajstić information content (AvgIpc) is 3.21. The van der Waals surface area contributed by atoms with Crippen molar-refractivity contribution >= 4 is 27.7 Å². The predicted octanol–water partition coefficient (Wildman–Crippen LogP) is 5.83. The number of aromatic nitrogens is 2. The van der Waals surface area contributed by atoms with E-state index in [1.807, 2.05) is 65.5 Å². The number of carbonyl (C=O) groups is 1. The molecule has 0 aliphatic heterocycles. The maximum Gasteiger partial charge on any atom is 0.256 e. The van der Waals surface area contributed by atoms with Gasteiger partial charge in [0, 0.05) is 22.3 Å². The van der Waals surface area contributed by atoms with Gasteiger partial charge in [-0.15, -0.1) is 0 Å². The van der Waals surface area contributed by atoms with Crippen molar-refractivity contribution in [2.45, 2.75) is 20.1 Å². The summed E-state index contributed by atoms with van der Waals surface area (Å²) in [5, 5.41) is 7.34. The van der Waals surface area contributed by atoms with Gasteiger partial charge in [0.2, 0.25) is 0 Å². The van der Waals surface area contributed by atoms with Crippen LogP contribution in [0.3, 0.4) is 0 Å². The summed E-state index contributed by atoms with van der Waals surface area (Å²) in [4.78, 5) is 12.7. The minimum Gasteiger partial charge on any atom is -0.489 e. The molecule has 0 radical (unpaired) electrons. The number of benzene rings is 3. The van der Waals surface area contributed by atoms with Crippen LogP contribution < -0.4 is 10.1 Å². The van der Waals surface area contributed by atoms with E-state index in [0.29, 0.717) is 24.5 Å². The minimum absolute atomic E-state index is 0.203. The van der Waals surface area contributed by atoms with Gasteiger partial charge in [-0.05, 0) is 53.9 Å². The second-order valence-electron chi connectivity index (χ2n) is 7.23. The number of anilines is 1. The molecule has 0 saturated heterocycles. The molecule has 1 amide bonds. The van der Waals surface area contributed by atoms with Crippen LogP contribution in [0.25, 0.3) is 0 Å². The number of hydrogen-bond donors (Lipinski definition) is 1. The highest BCUT2D eigenvalue weighted by atomic mass is 79.9. The molecule has 0 aliphatic rings. The van der Waals surface area contributed by atoms with Gasteiger partial charge in [-0.25, -0.2) is 0 Å². The molecule has 6 heteroatoms. The average molecular weight is 476 g/mol. The van der Waals surface area contributed by atoms with Crippen molar-refractivity contribution in [1.82, 2.24) is 9.78 Å². The molecule has 4 aromatic rings. The van der Waals surface area contributed by atoms with E-state index in [9.17, 15) is 4.79 Å². The van der Waals surface area contributed by atoms with Crippen molar-refractivity contribution < 1.29 is 9.53 Å². The van der Waals surface area contributed by atoms with Crippen LogP contribution >= 0.6 is 15.9 Å². The Labute approximate surface area is 189 Å². The van der Waals surface area contributed by atoms with Gasteiger partial charge in [-0.3, -0.25) is 9.48 Å². The number of ether oxygens (including phenoxy) is 1. The van der Waals surface area contributed by atoms with Crippen LogP contribution in [0.5, 0.6) is 5.75 Å². The zero-order chi connectivity index (χ0) is 21.6. The number of carbonyl (C=O) groups excluding carboxylic acids is 1. The molecular formula is C25H22BrN3O2. The molecule has 0 aliphatic carbocycles. The van der Waals surface area contributed by atoms with Crippen LogP contribution in [0.1, 0.15) is 27.0 Å². The summed E-state index contributed by atoms with van der Waals surface area (Å²) in [6, 6.07) is 25.1. The first kappa shape index (κ1) is 20.9. The van der Waals surface area contributed by atoms with Gasteiger partial charge < -0.3 is 10.1 Å². The van der Waals surface area contributed by atoms with Crippen molar-refractivity contribution in [3.05, 3.63) is 112 Å². The van der Waals surface area contributed by atoms with E-state index < -0.39 is 0 Å². The lowest BCUT2D eigenvalue weighted by Crippen LogP contribution is -2.13. The van der Waals surface area contributed by atoms with Crippen molar-refractivity contribution in [3.8, 4) is 5.75 Å². The molecule has 1 heterocycles. The Hall–Kier alpha value is -3.38. The molecule has 1 aromatic heterocycles. The molecule has 31 heavy (non-hydrogen) atoms. The van der Waals surface area contributed by atoms with E-state index in [-0.39, 0.29) is 5.91 Å². The lowest BCUT2D eigenvalue weighted by atomic mass is 10.1. The molecule has 0 saturated carbocycles. The lowest BCUT2D eigenvalue weighted by Gasteiger charge is -2.08. The first-order chi connectivity index (χ1) is 15.1. The van der Waals surface area contributed by atoms with Crippen molar-refractivity contribution in [2.24, 2.45) is 0 Å². The van der Waals surface area contributed by atoms with E-state index in [2.05, 4.69) is 45.4 Å². The molecule has 156 valence electrons.